The van der Waals surface area contributed by atoms with Gasteiger partial charge < -0.3 is 28.7 Å². The molecule has 0 aliphatic heterocycles. The Morgan fingerprint density at radius 1 is 0.500 bits per heavy atom. The largest absolute Gasteiger partial charge is 0.497 e. The fourth-order valence-corrected chi connectivity index (χ4v) is 6.76. The summed E-state index contributed by atoms with van der Waals surface area (Å²) in [4.78, 5) is 44.1. The highest BCUT2D eigenvalue weighted by Crippen LogP contribution is 2.25. The second-order valence-electron chi connectivity index (χ2n) is 15.9. The summed E-state index contributed by atoms with van der Waals surface area (Å²) < 4.78 is 21.4. The van der Waals surface area contributed by atoms with Crippen LogP contribution in [0.25, 0.3) is 17.5 Å². The van der Waals surface area contributed by atoms with Gasteiger partial charge in [0.15, 0.2) is 5.82 Å². The van der Waals surface area contributed by atoms with Crippen molar-refractivity contribution < 1.29 is 28.5 Å². The Labute approximate surface area is 398 Å². The van der Waals surface area contributed by atoms with Crippen molar-refractivity contribution in [3.05, 3.63) is 145 Å². The molecule has 0 atom stereocenters. The Kier molecular flexibility index (Phi) is 19.2. The van der Waals surface area contributed by atoms with E-state index in [1.165, 1.54) is 0 Å². The summed E-state index contributed by atoms with van der Waals surface area (Å²) >= 11 is 0. The number of aromatic nitrogens is 3. The Balaban J connectivity index is 0.899. The van der Waals surface area contributed by atoms with Crippen LogP contribution in [-0.4, -0.2) is 81.5 Å². The zero-order chi connectivity index (χ0) is 47.9. The van der Waals surface area contributed by atoms with Gasteiger partial charge in [-0.05, 0) is 141 Å². The van der Waals surface area contributed by atoms with Crippen LogP contribution in [0.3, 0.4) is 0 Å². The Morgan fingerprint density at radius 2 is 0.868 bits per heavy atom. The van der Waals surface area contributed by atoms with Crippen molar-refractivity contribution in [1.82, 2.24) is 15.0 Å². The maximum Gasteiger partial charge on any atom is 0.338 e. The number of methoxy groups -OCH3 is 2. The minimum Gasteiger partial charge on any atom is -0.497 e. The van der Waals surface area contributed by atoms with E-state index in [0.29, 0.717) is 64.8 Å². The van der Waals surface area contributed by atoms with Crippen LogP contribution in [0.5, 0.6) is 11.5 Å². The molecule has 0 spiro atoms. The van der Waals surface area contributed by atoms with Crippen molar-refractivity contribution in [3.8, 4) is 22.9 Å². The number of benzene rings is 5. The lowest BCUT2D eigenvalue weighted by Crippen LogP contribution is -2.26. The van der Waals surface area contributed by atoms with Gasteiger partial charge in [-0.3, -0.25) is 0 Å². The van der Waals surface area contributed by atoms with Crippen LogP contribution < -0.4 is 19.3 Å². The molecule has 1 heterocycles. The molecule has 352 valence electrons. The predicted molar refractivity (Wildman–Crippen MR) is 267 cm³/mol. The second kappa shape index (κ2) is 26.4. The third-order valence-corrected chi connectivity index (χ3v) is 10.9. The predicted octanol–water partition coefficient (Wildman–Crippen LogP) is 12.7. The van der Waals surface area contributed by atoms with Crippen LogP contribution >= 0.6 is 0 Å². The van der Waals surface area contributed by atoms with Gasteiger partial charge in [0, 0.05) is 32.7 Å². The van der Waals surface area contributed by atoms with Crippen molar-refractivity contribution in [3.63, 3.8) is 0 Å². The molecule has 0 unspecified atom stereocenters. The molecular formula is C53H59N9O6. The van der Waals surface area contributed by atoms with E-state index in [4.69, 9.17) is 33.9 Å². The fraction of sp³-hybridized carbons (Fsp3) is 0.302. The lowest BCUT2D eigenvalue weighted by Gasteiger charge is -2.22. The smallest absolute Gasteiger partial charge is 0.338 e. The van der Waals surface area contributed by atoms with Gasteiger partial charge in [0.2, 0.25) is 11.9 Å². The number of anilines is 2. The highest BCUT2D eigenvalue weighted by molar-refractivity contribution is 5.90. The summed E-state index contributed by atoms with van der Waals surface area (Å²) in [5, 5.41) is 17.0. The highest BCUT2D eigenvalue weighted by Gasteiger charge is 2.15. The second-order valence-corrected chi connectivity index (χ2v) is 15.9. The van der Waals surface area contributed by atoms with Crippen LogP contribution in [0.15, 0.2) is 148 Å². The van der Waals surface area contributed by atoms with E-state index >= 15 is 0 Å². The van der Waals surface area contributed by atoms with Gasteiger partial charge in [0.25, 0.3) is 0 Å². The summed E-state index contributed by atoms with van der Waals surface area (Å²) in [6.45, 7) is 6.06. The number of unbranched alkanes of at least 4 members (excludes halogenated alkanes) is 6. The molecule has 15 nitrogen and oxygen atoms in total. The third kappa shape index (κ3) is 15.7. The first-order chi connectivity index (χ1) is 33.2. The zero-order valence-electron chi connectivity index (χ0n) is 39.3. The zero-order valence-corrected chi connectivity index (χ0v) is 39.3. The highest BCUT2D eigenvalue weighted by atomic mass is 16.5. The van der Waals surface area contributed by atoms with E-state index in [0.717, 1.165) is 87.1 Å². The van der Waals surface area contributed by atoms with Gasteiger partial charge in [-0.1, -0.05) is 49.8 Å². The molecule has 0 radical (unpaired) electrons. The van der Waals surface area contributed by atoms with E-state index in [1.807, 2.05) is 93.0 Å². The first-order valence-corrected chi connectivity index (χ1v) is 22.8. The molecule has 0 saturated carbocycles. The van der Waals surface area contributed by atoms with Crippen molar-refractivity contribution in [2.24, 2.45) is 20.5 Å². The number of ether oxygens (including phenoxy) is 4. The standard InChI is InChI=1S/C53H59N9O6/c1-6-39-15-17-40(18-16-39)49-54-52(61(2)35-11-7-9-13-37-67-50(63)41-19-23-43(24-20-41)57-59-45-27-31-47(65-4)32-28-45)56-53(55-49)62(3)36-12-8-10-14-38-68-51(64)42-21-25-44(26-22-42)58-60-46-29-33-48(66-5)34-30-46/h6,15-34H,1,7-14,35-38H2,2-5H3. The van der Waals surface area contributed by atoms with Crippen LogP contribution in [0, 0.1) is 0 Å². The lowest BCUT2D eigenvalue weighted by molar-refractivity contribution is 0.0488. The Morgan fingerprint density at radius 3 is 1.24 bits per heavy atom. The van der Waals surface area contributed by atoms with Gasteiger partial charge in [-0.25, -0.2) is 9.59 Å². The van der Waals surface area contributed by atoms with Crippen LogP contribution in [-0.2, 0) is 9.47 Å². The van der Waals surface area contributed by atoms with Crippen molar-refractivity contribution in [2.75, 3.05) is 64.4 Å². The minimum atomic E-state index is -0.363. The quantitative estimate of drug-likeness (QED) is 0.0289. The number of azo groups is 2. The van der Waals surface area contributed by atoms with E-state index in [9.17, 15) is 9.59 Å². The normalized spacial score (nSPS) is 11.1. The van der Waals surface area contributed by atoms with Gasteiger partial charge in [-0.15, -0.1) is 0 Å². The molecule has 15 heteroatoms. The summed E-state index contributed by atoms with van der Waals surface area (Å²) in [7, 11) is 7.22. The van der Waals surface area contributed by atoms with Gasteiger partial charge >= 0.3 is 11.9 Å². The monoisotopic (exact) mass is 917 g/mol. The molecular weight excluding hydrogens is 859 g/mol. The Hall–Kier alpha value is -7.81. The maximum atomic E-state index is 12.7. The molecule has 0 aliphatic carbocycles. The first-order valence-electron chi connectivity index (χ1n) is 22.8. The van der Waals surface area contributed by atoms with Gasteiger partial charge in [0.05, 0.1) is 61.3 Å². The molecule has 0 N–H and O–H groups in total. The van der Waals surface area contributed by atoms with E-state index in [2.05, 4.69) is 36.8 Å². The van der Waals surface area contributed by atoms with Gasteiger partial charge in [0.1, 0.15) is 11.5 Å². The van der Waals surface area contributed by atoms with Crippen LogP contribution in [0.2, 0.25) is 0 Å². The molecule has 6 aromatic rings. The molecule has 0 saturated heterocycles. The number of esters is 2. The number of carbonyl (C=O) groups excluding carboxylic acids is 2. The van der Waals surface area contributed by atoms with Crippen molar-refractivity contribution >= 4 is 52.7 Å². The van der Waals surface area contributed by atoms with E-state index in [1.54, 1.807) is 62.8 Å². The van der Waals surface area contributed by atoms with Crippen molar-refractivity contribution in [1.29, 1.82) is 0 Å². The lowest BCUT2D eigenvalue weighted by atomic mass is 10.1. The van der Waals surface area contributed by atoms with Crippen LogP contribution in [0.1, 0.15) is 77.6 Å². The molecule has 5 aromatic carbocycles. The summed E-state index contributed by atoms with van der Waals surface area (Å²) in [5.74, 6) is 2.57. The summed E-state index contributed by atoms with van der Waals surface area (Å²) in [6, 6.07) is 36.3. The molecule has 6 rings (SSSR count). The third-order valence-electron chi connectivity index (χ3n) is 10.9. The molecule has 0 aliphatic rings. The van der Waals surface area contributed by atoms with Crippen molar-refractivity contribution in [2.45, 2.75) is 51.4 Å². The molecule has 0 amide bonds. The van der Waals surface area contributed by atoms with Gasteiger partial charge in [-0.2, -0.15) is 35.4 Å². The maximum absolute atomic E-state index is 12.7. The van der Waals surface area contributed by atoms with E-state index in [-0.39, 0.29) is 11.9 Å². The fourth-order valence-electron chi connectivity index (χ4n) is 6.76. The molecule has 68 heavy (non-hydrogen) atoms. The van der Waals surface area contributed by atoms with Crippen LogP contribution in [0.4, 0.5) is 34.6 Å². The summed E-state index contributed by atoms with van der Waals surface area (Å²) in [6.07, 6.45) is 8.89. The average Bonchev–Trinajstić information content (AvgIpc) is 3.39. The first kappa shape index (κ1) is 49.6. The number of nitrogens with zero attached hydrogens (tertiary/aromatic N) is 9. The minimum absolute atomic E-state index is 0.343. The molecule has 1 aromatic heterocycles. The number of hydrogen-bond donors (Lipinski definition) is 0. The molecule has 0 bridgehead atoms. The SMILES string of the molecule is C=Cc1ccc(-c2nc(N(C)CCCCCCOC(=O)c3ccc(N=Nc4ccc(OC)cc4)cc3)nc(N(C)CCCCCCOC(=O)c3ccc(N=Nc4ccc(OC)cc4)cc3)n2)cc1. The topological polar surface area (TPSA) is 166 Å². The summed E-state index contributed by atoms with van der Waals surface area (Å²) in [5.41, 5.74) is 5.51. The van der Waals surface area contributed by atoms with E-state index < -0.39 is 0 Å². The Bertz CT molecular complexity index is 2420. The number of rotatable bonds is 26. The number of carbonyl (C=O) groups is 2. The molecule has 0 fully saturated rings. The average molecular weight is 918 g/mol. The number of hydrogen-bond acceptors (Lipinski definition) is 15.